The highest BCUT2D eigenvalue weighted by atomic mass is 35.5. The lowest BCUT2D eigenvalue weighted by Gasteiger charge is -2.35. The molecule has 2 aliphatic rings. The van der Waals surface area contributed by atoms with Gasteiger partial charge in [0.05, 0.1) is 13.1 Å². The first-order valence-corrected chi connectivity index (χ1v) is 16.2. The number of benzene rings is 4. The van der Waals surface area contributed by atoms with Crippen LogP contribution < -0.4 is 9.80 Å². The van der Waals surface area contributed by atoms with Gasteiger partial charge in [0.25, 0.3) is 11.8 Å². The lowest BCUT2D eigenvalue weighted by atomic mass is 9.97. The number of halogens is 1. The molecular formula is C39H32ClN5O2. The van der Waals surface area contributed by atoms with Crippen molar-refractivity contribution < 1.29 is 9.59 Å². The third-order valence-electron chi connectivity index (χ3n) is 9.30. The predicted molar refractivity (Wildman–Crippen MR) is 187 cm³/mol. The molecule has 6 aromatic rings. The van der Waals surface area contributed by atoms with Crippen LogP contribution in [0.1, 0.15) is 32.1 Å². The molecule has 2 aromatic heterocycles. The molecule has 2 aliphatic heterocycles. The number of carbonyl (C=O) groups is 2. The molecule has 4 aromatic carbocycles. The third kappa shape index (κ3) is 5.32. The number of para-hydroxylation sites is 1. The molecule has 0 atom stereocenters. The summed E-state index contributed by atoms with van der Waals surface area (Å²) in [4.78, 5) is 38.5. The van der Waals surface area contributed by atoms with Gasteiger partial charge in [-0.05, 0) is 64.4 Å². The van der Waals surface area contributed by atoms with E-state index in [2.05, 4.69) is 38.7 Å². The molecule has 1 saturated heterocycles. The van der Waals surface area contributed by atoms with Crippen molar-refractivity contribution in [3.63, 3.8) is 0 Å². The van der Waals surface area contributed by atoms with Gasteiger partial charge in [0, 0.05) is 59.9 Å². The number of aromatic nitrogens is 2. The number of carbonyl (C=O) groups excluding carboxylic acids is 2. The Balaban J connectivity index is 1.07. The van der Waals surface area contributed by atoms with E-state index in [1.54, 1.807) is 17.2 Å². The summed E-state index contributed by atoms with van der Waals surface area (Å²) >= 11 is 6.89. The van der Waals surface area contributed by atoms with Crippen LogP contribution >= 0.6 is 11.6 Å². The van der Waals surface area contributed by atoms with E-state index in [4.69, 9.17) is 11.6 Å². The van der Waals surface area contributed by atoms with Gasteiger partial charge in [-0.1, -0.05) is 84.4 Å². The van der Waals surface area contributed by atoms with Crippen molar-refractivity contribution in [3.8, 4) is 11.1 Å². The number of fused-ring (bicyclic) bond motifs is 3. The Kier molecular flexibility index (Phi) is 7.46. The number of pyridine rings is 1. The number of hydrogen-bond acceptors (Lipinski definition) is 4. The summed E-state index contributed by atoms with van der Waals surface area (Å²) in [7, 11) is 0. The average molecular weight is 638 g/mol. The molecule has 0 N–H and O–H groups in total. The normalized spacial score (nSPS) is 14.4. The minimum atomic E-state index is -0.142. The molecule has 0 unspecified atom stereocenters. The molecule has 8 rings (SSSR count). The second kappa shape index (κ2) is 12.1. The highest BCUT2D eigenvalue weighted by Gasteiger charge is 2.30. The lowest BCUT2D eigenvalue weighted by Crippen LogP contribution is -2.49. The summed E-state index contributed by atoms with van der Waals surface area (Å²) in [5.74, 6) is 0.795. The number of piperazine rings is 1. The van der Waals surface area contributed by atoms with Gasteiger partial charge < -0.3 is 19.3 Å². The maximum Gasteiger partial charge on any atom is 0.270 e. The molecule has 47 heavy (non-hydrogen) atoms. The van der Waals surface area contributed by atoms with Crippen LogP contribution in [0.15, 0.2) is 121 Å². The SMILES string of the molecule is O=C(c1ccc2n1Cc1ccccc1N(C(=O)c1ccc(-c3cccc4ccccc34)c(Cl)c1)C2)N1CCN(c2ccccn2)CC1. The Morgan fingerprint density at radius 2 is 1.47 bits per heavy atom. The van der Waals surface area contributed by atoms with E-state index in [0.717, 1.165) is 57.8 Å². The molecule has 0 bridgehead atoms. The fourth-order valence-electron chi connectivity index (χ4n) is 6.85. The van der Waals surface area contributed by atoms with Crippen LogP contribution in [0.4, 0.5) is 11.5 Å². The highest BCUT2D eigenvalue weighted by Crippen LogP contribution is 2.36. The number of nitrogens with zero attached hydrogens (tertiary/aromatic N) is 5. The summed E-state index contributed by atoms with van der Waals surface area (Å²) in [5.41, 5.74) is 5.77. The van der Waals surface area contributed by atoms with Gasteiger partial charge in [-0.2, -0.15) is 0 Å². The molecule has 1 fully saturated rings. The fraction of sp³-hybridized carbons (Fsp3) is 0.154. The van der Waals surface area contributed by atoms with Crippen molar-refractivity contribution in [1.82, 2.24) is 14.5 Å². The zero-order valence-electron chi connectivity index (χ0n) is 25.7. The molecule has 4 heterocycles. The largest absolute Gasteiger partial charge is 0.353 e. The second-order valence-corrected chi connectivity index (χ2v) is 12.4. The number of amides is 2. The molecule has 0 aliphatic carbocycles. The Labute approximate surface area is 278 Å². The highest BCUT2D eigenvalue weighted by molar-refractivity contribution is 6.34. The van der Waals surface area contributed by atoms with Crippen molar-refractivity contribution in [2.24, 2.45) is 0 Å². The summed E-state index contributed by atoms with van der Waals surface area (Å²) in [5, 5.41) is 2.77. The van der Waals surface area contributed by atoms with E-state index in [1.807, 2.05) is 89.8 Å². The van der Waals surface area contributed by atoms with Gasteiger partial charge in [-0.15, -0.1) is 0 Å². The number of hydrogen-bond donors (Lipinski definition) is 0. The van der Waals surface area contributed by atoms with Gasteiger partial charge >= 0.3 is 0 Å². The Bertz CT molecular complexity index is 2130. The van der Waals surface area contributed by atoms with Crippen molar-refractivity contribution in [1.29, 1.82) is 0 Å². The van der Waals surface area contributed by atoms with Crippen LogP contribution in [0.2, 0.25) is 5.02 Å². The van der Waals surface area contributed by atoms with E-state index in [0.29, 0.717) is 42.5 Å². The maximum atomic E-state index is 14.2. The van der Waals surface area contributed by atoms with Crippen molar-refractivity contribution >= 4 is 45.7 Å². The second-order valence-electron chi connectivity index (χ2n) is 12.0. The summed E-state index contributed by atoms with van der Waals surface area (Å²) < 4.78 is 2.07. The van der Waals surface area contributed by atoms with Gasteiger partial charge in [0.15, 0.2) is 0 Å². The van der Waals surface area contributed by atoms with Gasteiger partial charge in [-0.25, -0.2) is 4.98 Å². The molecule has 0 radical (unpaired) electrons. The molecule has 0 spiro atoms. The minimum absolute atomic E-state index is 0.00462. The summed E-state index contributed by atoms with van der Waals surface area (Å²) in [6.45, 7) is 3.52. The minimum Gasteiger partial charge on any atom is -0.353 e. The fourth-order valence-corrected chi connectivity index (χ4v) is 7.13. The Morgan fingerprint density at radius 1 is 0.681 bits per heavy atom. The monoisotopic (exact) mass is 637 g/mol. The zero-order valence-corrected chi connectivity index (χ0v) is 26.5. The van der Waals surface area contributed by atoms with Crippen LogP contribution in [0.3, 0.4) is 0 Å². The molecule has 232 valence electrons. The first-order chi connectivity index (χ1) is 23.0. The first kappa shape index (κ1) is 29.0. The Morgan fingerprint density at radius 3 is 2.30 bits per heavy atom. The van der Waals surface area contributed by atoms with Crippen LogP contribution in [0.25, 0.3) is 21.9 Å². The standard InChI is InChI=1S/C39H32ClN5O2/c40-34-24-28(15-17-33(34)32-12-7-10-27-8-1-3-11-31(27)32)38(46)45-26-30-16-18-36(44(30)25-29-9-2-4-13-35(29)45)39(47)43-22-20-42(21-23-43)37-14-5-6-19-41-37/h1-19,24H,20-23,25-26H2. The number of rotatable bonds is 4. The van der Waals surface area contributed by atoms with E-state index in [1.165, 1.54) is 0 Å². The topological polar surface area (TPSA) is 61.7 Å². The van der Waals surface area contributed by atoms with Gasteiger partial charge in [0.1, 0.15) is 11.5 Å². The Hall–Kier alpha value is -5.40. The van der Waals surface area contributed by atoms with E-state index < -0.39 is 0 Å². The van der Waals surface area contributed by atoms with Gasteiger partial charge in [0.2, 0.25) is 0 Å². The van der Waals surface area contributed by atoms with Crippen LogP contribution in [0.5, 0.6) is 0 Å². The molecule has 0 saturated carbocycles. The molecule has 8 heteroatoms. The predicted octanol–water partition coefficient (Wildman–Crippen LogP) is 7.53. The van der Waals surface area contributed by atoms with Crippen LogP contribution in [-0.4, -0.2) is 52.4 Å². The third-order valence-corrected chi connectivity index (χ3v) is 9.62. The smallest absolute Gasteiger partial charge is 0.270 e. The average Bonchev–Trinajstić information content (AvgIpc) is 3.44. The van der Waals surface area contributed by atoms with Gasteiger partial charge in [-0.3, -0.25) is 9.59 Å². The maximum absolute atomic E-state index is 14.2. The summed E-state index contributed by atoms with van der Waals surface area (Å²) in [6.07, 6.45) is 1.80. The van der Waals surface area contributed by atoms with Crippen LogP contribution in [0, 0.1) is 0 Å². The quantitative estimate of drug-likeness (QED) is 0.201. The number of anilines is 2. The van der Waals surface area contributed by atoms with Crippen LogP contribution in [-0.2, 0) is 13.1 Å². The molecule has 7 nitrogen and oxygen atoms in total. The first-order valence-electron chi connectivity index (χ1n) is 15.9. The van der Waals surface area contributed by atoms with E-state index in [9.17, 15) is 9.59 Å². The summed E-state index contributed by atoms with van der Waals surface area (Å²) in [6, 6.07) is 37.6. The van der Waals surface area contributed by atoms with E-state index in [-0.39, 0.29) is 11.8 Å². The lowest BCUT2D eigenvalue weighted by molar-refractivity contribution is 0.0735. The zero-order chi connectivity index (χ0) is 31.9. The van der Waals surface area contributed by atoms with Crippen molar-refractivity contribution in [2.75, 3.05) is 36.0 Å². The van der Waals surface area contributed by atoms with E-state index >= 15 is 0 Å². The molecular weight excluding hydrogens is 606 g/mol. The van der Waals surface area contributed by atoms with Crippen molar-refractivity contribution in [2.45, 2.75) is 13.1 Å². The molecule has 2 amide bonds. The van der Waals surface area contributed by atoms with Crippen molar-refractivity contribution in [3.05, 3.63) is 149 Å².